The van der Waals surface area contributed by atoms with Crippen molar-refractivity contribution in [3.05, 3.63) is 16.3 Å². The van der Waals surface area contributed by atoms with Crippen LogP contribution in [0.3, 0.4) is 0 Å². The van der Waals surface area contributed by atoms with Crippen LogP contribution >= 0.6 is 11.3 Å². The van der Waals surface area contributed by atoms with Gasteiger partial charge in [-0.05, 0) is 24.3 Å². The van der Waals surface area contributed by atoms with E-state index >= 15 is 0 Å². The van der Waals surface area contributed by atoms with E-state index in [1.807, 2.05) is 0 Å². The second-order valence-electron chi connectivity index (χ2n) is 4.28. The van der Waals surface area contributed by atoms with Gasteiger partial charge in [-0.3, -0.25) is 0 Å². The number of carboxylic acids is 1. The van der Waals surface area contributed by atoms with Crippen molar-refractivity contribution in [3.8, 4) is 0 Å². The van der Waals surface area contributed by atoms with Crippen LogP contribution in [0.25, 0.3) is 0 Å². The number of carboxylic acid groups (broad SMARTS) is 1. The zero-order valence-electron chi connectivity index (χ0n) is 9.21. The molecule has 0 unspecified atom stereocenters. The van der Waals surface area contributed by atoms with Gasteiger partial charge in [-0.25, -0.2) is 17.9 Å². The van der Waals surface area contributed by atoms with Crippen LogP contribution in [0.15, 0.2) is 16.3 Å². The Balaban J connectivity index is 2.05. The largest absolute Gasteiger partial charge is 0.477 e. The highest BCUT2D eigenvalue weighted by Gasteiger charge is 2.33. The summed E-state index contributed by atoms with van der Waals surface area (Å²) in [5.74, 6) is -0.107. The van der Waals surface area contributed by atoms with Crippen molar-refractivity contribution in [2.24, 2.45) is 11.8 Å². The van der Waals surface area contributed by atoms with Gasteiger partial charge in [0.1, 0.15) is 4.88 Å². The van der Waals surface area contributed by atoms with Crippen molar-refractivity contribution in [1.82, 2.24) is 4.72 Å². The zero-order valence-corrected chi connectivity index (χ0v) is 10.8. The SMILES string of the molecule is C[C@H]1C[C@H]1CNS(=O)(=O)c1csc(C(=O)O)c1. The van der Waals surface area contributed by atoms with E-state index in [4.69, 9.17) is 5.11 Å². The van der Waals surface area contributed by atoms with Gasteiger partial charge < -0.3 is 5.11 Å². The maximum atomic E-state index is 11.8. The van der Waals surface area contributed by atoms with Crippen LogP contribution in [0.5, 0.6) is 0 Å². The normalized spacial score (nSPS) is 23.6. The summed E-state index contributed by atoms with van der Waals surface area (Å²) >= 11 is 0.916. The number of hydrogen-bond donors (Lipinski definition) is 2. The smallest absolute Gasteiger partial charge is 0.345 e. The van der Waals surface area contributed by atoms with E-state index in [1.165, 1.54) is 11.4 Å². The Morgan fingerprint density at radius 2 is 2.29 bits per heavy atom. The minimum Gasteiger partial charge on any atom is -0.477 e. The lowest BCUT2D eigenvalue weighted by atomic mass is 10.3. The molecule has 0 radical (unpaired) electrons. The number of carbonyl (C=O) groups is 1. The molecule has 1 aromatic rings. The van der Waals surface area contributed by atoms with Crippen molar-refractivity contribution in [2.75, 3.05) is 6.54 Å². The zero-order chi connectivity index (χ0) is 12.6. The molecule has 2 N–H and O–H groups in total. The molecule has 1 aliphatic carbocycles. The molecule has 0 aromatic carbocycles. The van der Waals surface area contributed by atoms with Crippen LogP contribution in [-0.4, -0.2) is 26.0 Å². The van der Waals surface area contributed by atoms with Crippen LogP contribution in [-0.2, 0) is 10.0 Å². The molecule has 1 aliphatic rings. The fraction of sp³-hybridized carbons (Fsp3) is 0.500. The average Bonchev–Trinajstić information content (AvgIpc) is 2.78. The predicted octanol–water partition coefficient (Wildman–Crippen LogP) is 1.38. The van der Waals surface area contributed by atoms with E-state index in [2.05, 4.69) is 11.6 Å². The van der Waals surface area contributed by atoms with Gasteiger partial charge in [-0.2, -0.15) is 0 Å². The van der Waals surface area contributed by atoms with Crippen LogP contribution < -0.4 is 4.72 Å². The van der Waals surface area contributed by atoms with Crippen molar-refractivity contribution < 1.29 is 18.3 Å². The van der Waals surface area contributed by atoms with Crippen molar-refractivity contribution in [2.45, 2.75) is 18.2 Å². The van der Waals surface area contributed by atoms with Crippen molar-refractivity contribution >= 4 is 27.3 Å². The fourth-order valence-corrected chi connectivity index (χ4v) is 3.76. The maximum absolute atomic E-state index is 11.8. The number of thiophene rings is 1. The fourth-order valence-electron chi connectivity index (χ4n) is 1.56. The molecule has 2 rings (SSSR count). The Hall–Kier alpha value is -0.920. The highest BCUT2D eigenvalue weighted by molar-refractivity contribution is 7.89. The first-order chi connectivity index (χ1) is 7.90. The molecule has 5 nitrogen and oxygen atoms in total. The maximum Gasteiger partial charge on any atom is 0.345 e. The monoisotopic (exact) mass is 275 g/mol. The summed E-state index contributed by atoms with van der Waals surface area (Å²) in [5.41, 5.74) is 0. The molecule has 0 amide bonds. The standard InChI is InChI=1S/C10H13NO4S2/c1-6-2-7(6)4-11-17(14,15)8-3-9(10(12)13)16-5-8/h3,5-7,11H,2,4H2,1H3,(H,12,13)/t6-,7-/m0/s1. The van der Waals surface area contributed by atoms with Crippen LogP contribution in [0, 0.1) is 11.8 Å². The van der Waals surface area contributed by atoms with Crippen LogP contribution in [0.2, 0.25) is 0 Å². The Bertz CT molecular complexity index is 534. The summed E-state index contributed by atoms with van der Waals surface area (Å²) in [4.78, 5) is 10.7. The molecule has 17 heavy (non-hydrogen) atoms. The van der Waals surface area contributed by atoms with Gasteiger partial charge in [0, 0.05) is 11.9 Å². The lowest BCUT2D eigenvalue weighted by Crippen LogP contribution is -2.25. The molecule has 0 bridgehead atoms. The number of nitrogens with one attached hydrogen (secondary N) is 1. The molecular formula is C10H13NO4S2. The predicted molar refractivity (Wildman–Crippen MR) is 63.7 cm³/mol. The minimum absolute atomic E-state index is 0.0326. The molecular weight excluding hydrogens is 262 g/mol. The van der Waals surface area contributed by atoms with E-state index in [9.17, 15) is 13.2 Å². The summed E-state index contributed by atoms with van der Waals surface area (Å²) in [5, 5.41) is 10.1. The lowest BCUT2D eigenvalue weighted by Gasteiger charge is -2.03. The van der Waals surface area contributed by atoms with Gasteiger partial charge in [-0.15, -0.1) is 11.3 Å². The summed E-state index contributed by atoms with van der Waals surface area (Å²) in [6.45, 7) is 2.51. The number of sulfonamides is 1. The van der Waals surface area contributed by atoms with Gasteiger partial charge in [0.2, 0.25) is 10.0 Å². The average molecular weight is 275 g/mol. The van der Waals surface area contributed by atoms with E-state index in [0.29, 0.717) is 18.4 Å². The highest BCUT2D eigenvalue weighted by atomic mass is 32.2. The molecule has 0 spiro atoms. The molecule has 2 atom stereocenters. The number of hydrogen-bond acceptors (Lipinski definition) is 4. The van der Waals surface area contributed by atoms with E-state index < -0.39 is 16.0 Å². The number of aromatic carboxylic acids is 1. The van der Waals surface area contributed by atoms with E-state index in [0.717, 1.165) is 17.8 Å². The lowest BCUT2D eigenvalue weighted by molar-refractivity contribution is 0.0702. The second kappa shape index (κ2) is 4.40. The summed E-state index contributed by atoms with van der Waals surface area (Å²) < 4.78 is 26.1. The highest BCUT2D eigenvalue weighted by Crippen LogP contribution is 2.37. The Morgan fingerprint density at radius 3 is 2.76 bits per heavy atom. The van der Waals surface area contributed by atoms with Gasteiger partial charge in [-0.1, -0.05) is 6.92 Å². The third kappa shape index (κ3) is 2.85. The van der Waals surface area contributed by atoms with Crippen LogP contribution in [0.1, 0.15) is 23.0 Å². The summed E-state index contributed by atoms with van der Waals surface area (Å²) in [6.07, 6.45) is 1.05. The van der Waals surface area contributed by atoms with Gasteiger partial charge in [0.05, 0.1) is 4.90 Å². The molecule has 1 aromatic heterocycles. The number of rotatable bonds is 5. The first-order valence-electron chi connectivity index (χ1n) is 5.21. The van der Waals surface area contributed by atoms with Gasteiger partial charge >= 0.3 is 5.97 Å². The molecule has 1 saturated carbocycles. The van der Waals surface area contributed by atoms with Gasteiger partial charge in [0.15, 0.2) is 0 Å². The summed E-state index contributed by atoms with van der Waals surface area (Å²) in [7, 11) is -3.55. The quantitative estimate of drug-likeness (QED) is 0.850. The Morgan fingerprint density at radius 1 is 1.65 bits per heavy atom. The van der Waals surface area contributed by atoms with Crippen molar-refractivity contribution in [3.63, 3.8) is 0 Å². The van der Waals surface area contributed by atoms with E-state index in [-0.39, 0.29) is 9.77 Å². The topological polar surface area (TPSA) is 83.5 Å². The van der Waals surface area contributed by atoms with E-state index in [1.54, 1.807) is 0 Å². The Kier molecular flexibility index (Phi) is 3.24. The minimum atomic E-state index is -3.55. The molecule has 94 valence electrons. The molecule has 0 aliphatic heterocycles. The molecule has 7 heteroatoms. The Labute approximate surface area is 104 Å². The van der Waals surface area contributed by atoms with Gasteiger partial charge in [0.25, 0.3) is 0 Å². The van der Waals surface area contributed by atoms with Crippen molar-refractivity contribution in [1.29, 1.82) is 0 Å². The molecule has 1 heterocycles. The third-order valence-corrected chi connectivity index (χ3v) is 5.38. The third-order valence-electron chi connectivity index (χ3n) is 2.91. The second-order valence-corrected chi connectivity index (χ2v) is 6.95. The first kappa shape index (κ1) is 12.5. The molecule has 0 saturated heterocycles. The summed E-state index contributed by atoms with van der Waals surface area (Å²) in [6, 6.07) is 1.19. The van der Waals surface area contributed by atoms with Crippen LogP contribution in [0.4, 0.5) is 0 Å². The molecule has 1 fully saturated rings. The first-order valence-corrected chi connectivity index (χ1v) is 7.58.